The highest BCUT2D eigenvalue weighted by atomic mass is 19.2. The number of aliphatic hydroxyl groups excluding tert-OH is 1. The third-order valence-electron chi connectivity index (χ3n) is 3.97. The van der Waals surface area contributed by atoms with Crippen molar-refractivity contribution < 1.29 is 13.9 Å². The van der Waals surface area contributed by atoms with Gasteiger partial charge in [-0.2, -0.15) is 0 Å². The fourth-order valence-electron chi connectivity index (χ4n) is 2.57. The van der Waals surface area contributed by atoms with Crippen LogP contribution >= 0.6 is 0 Å². The molecule has 1 fully saturated rings. The lowest BCUT2D eigenvalue weighted by atomic mass is 10.1. The Bertz CT molecular complexity index is 434. The van der Waals surface area contributed by atoms with Gasteiger partial charge >= 0.3 is 0 Å². The van der Waals surface area contributed by atoms with Gasteiger partial charge in [0, 0.05) is 38.3 Å². The van der Waals surface area contributed by atoms with Crippen molar-refractivity contribution in [2.24, 2.45) is 0 Å². The van der Waals surface area contributed by atoms with Gasteiger partial charge in [-0.1, -0.05) is 19.1 Å². The topological polar surface area (TPSA) is 26.7 Å². The minimum absolute atomic E-state index is 0.0530. The molecule has 1 saturated heterocycles. The first-order chi connectivity index (χ1) is 9.61. The summed E-state index contributed by atoms with van der Waals surface area (Å²) < 4.78 is 26.7. The van der Waals surface area contributed by atoms with Crippen molar-refractivity contribution in [3.63, 3.8) is 0 Å². The lowest BCUT2D eigenvalue weighted by Crippen LogP contribution is -2.46. The molecule has 1 aliphatic rings. The zero-order valence-corrected chi connectivity index (χ0v) is 11.9. The Kier molecular flexibility index (Phi) is 5.46. The third kappa shape index (κ3) is 3.75. The van der Waals surface area contributed by atoms with Gasteiger partial charge in [-0.3, -0.25) is 0 Å². The lowest BCUT2D eigenvalue weighted by Gasteiger charge is -2.34. The van der Waals surface area contributed by atoms with Crippen LogP contribution in [0, 0.1) is 11.6 Å². The normalized spacial score (nSPS) is 19.2. The van der Waals surface area contributed by atoms with Gasteiger partial charge in [-0.15, -0.1) is 0 Å². The maximum absolute atomic E-state index is 13.6. The largest absolute Gasteiger partial charge is 0.388 e. The number of halogens is 2. The fourth-order valence-corrected chi connectivity index (χ4v) is 2.57. The molecule has 1 aromatic carbocycles. The summed E-state index contributed by atoms with van der Waals surface area (Å²) in [4.78, 5) is 4.63. The van der Waals surface area contributed by atoms with E-state index in [9.17, 15) is 13.9 Å². The van der Waals surface area contributed by atoms with E-state index in [1.54, 1.807) is 0 Å². The molecule has 1 unspecified atom stereocenters. The standard InChI is InChI=1S/C15H22F2N2O/c1-2-18-8-10-19(11-9-18)7-6-14(20)12-4-3-5-13(16)15(12)17/h3-5,14,20H,2,6-11H2,1H3. The number of rotatable bonds is 5. The first-order valence-corrected chi connectivity index (χ1v) is 7.18. The van der Waals surface area contributed by atoms with Gasteiger partial charge in [0.25, 0.3) is 0 Å². The first-order valence-electron chi connectivity index (χ1n) is 7.18. The Morgan fingerprint density at radius 2 is 1.80 bits per heavy atom. The van der Waals surface area contributed by atoms with Crippen molar-refractivity contribution in [2.75, 3.05) is 39.3 Å². The summed E-state index contributed by atoms with van der Waals surface area (Å²) in [5.41, 5.74) is 0.0530. The highest BCUT2D eigenvalue weighted by Crippen LogP contribution is 2.22. The van der Waals surface area contributed by atoms with Gasteiger partial charge in [-0.25, -0.2) is 8.78 Å². The average Bonchev–Trinajstić information content (AvgIpc) is 2.48. The van der Waals surface area contributed by atoms with Crippen LogP contribution in [-0.2, 0) is 0 Å². The molecule has 0 radical (unpaired) electrons. The van der Waals surface area contributed by atoms with E-state index < -0.39 is 17.7 Å². The summed E-state index contributed by atoms with van der Waals surface area (Å²) in [6.45, 7) is 7.89. The van der Waals surface area contributed by atoms with Gasteiger partial charge < -0.3 is 14.9 Å². The van der Waals surface area contributed by atoms with Crippen LogP contribution < -0.4 is 0 Å². The van der Waals surface area contributed by atoms with E-state index >= 15 is 0 Å². The van der Waals surface area contributed by atoms with Gasteiger partial charge in [0.1, 0.15) is 0 Å². The van der Waals surface area contributed by atoms with Crippen LogP contribution in [0.25, 0.3) is 0 Å². The SMILES string of the molecule is CCN1CCN(CCC(O)c2cccc(F)c2F)CC1. The van der Waals surface area contributed by atoms with Crippen LogP contribution in [0.4, 0.5) is 8.78 Å². The van der Waals surface area contributed by atoms with E-state index in [1.165, 1.54) is 12.1 Å². The molecule has 0 bridgehead atoms. The third-order valence-corrected chi connectivity index (χ3v) is 3.97. The maximum atomic E-state index is 13.6. The van der Waals surface area contributed by atoms with Gasteiger partial charge in [-0.05, 0) is 19.0 Å². The number of nitrogens with zero attached hydrogens (tertiary/aromatic N) is 2. The molecular formula is C15H22F2N2O. The highest BCUT2D eigenvalue weighted by molar-refractivity contribution is 5.21. The number of hydrogen-bond donors (Lipinski definition) is 1. The Labute approximate surface area is 118 Å². The second-order valence-electron chi connectivity index (χ2n) is 5.22. The maximum Gasteiger partial charge on any atom is 0.164 e. The first kappa shape index (κ1) is 15.4. The molecule has 3 nitrogen and oxygen atoms in total. The molecule has 112 valence electrons. The Morgan fingerprint density at radius 1 is 1.15 bits per heavy atom. The molecule has 1 heterocycles. The molecule has 5 heteroatoms. The van der Waals surface area contributed by atoms with E-state index in [-0.39, 0.29) is 5.56 Å². The van der Waals surface area contributed by atoms with Gasteiger partial charge in [0.2, 0.25) is 0 Å². The Morgan fingerprint density at radius 3 is 2.45 bits per heavy atom. The lowest BCUT2D eigenvalue weighted by molar-refractivity contribution is 0.103. The zero-order valence-electron chi connectivity index (χ0n) is 11.9. The summed E-state index contributed by atoms with van der Waals surface area (Å²) >= 11 is 0. The molecule has 0 amide bonds. The summed E-state index contributed by atoms with van der Waals surface area (Å²) in [5, 5.41) is 10.0. The smallest absolute Gasteiger partial charge is 0.164 e. The summed E-state index contributed by atoms with van der Waals surface area (Å²) in [6.07, 6.45) is -0.526. The van der Waals surface area contributed by atoms with Crippen molar-refractivity contribution in [1.82, 2.24) is 9.80 Å². The van der Waals surface area contributed by atoms with Gasteiger partial charge in [0.15, 0.2) is 11.6 Å². The van der Waals surface area contributed by atoms with Crippen molar-refractivity contribution in [2.45, 2.75) is 19.4 Å². The summed E-state index contributed by atoms with van der Waals surface area (Å²) in [7, 11) is 0. The molecule has 0 spiro atoms. The zero-order chi connectivity index (χ0) is 14.5. The van der Waals surface area contributed by atoms with Crippen molar-refractivity contribution in [3.05, 3.63) is 35.4 Å². The Hall–Kier alpha value is -1.04. The molecule has 0 aromatic heterocycles. The van der Waals surface area contributed by atoms with Crippen molar-refractivity contribution in [3.8, 4) is 0 Å². The van der Waals surface area contributed by atoms with E-state index in [0.29, 0.717) is 13.0 Å². The molecule has 2 rings (SSSR count). The van der Waals surface area contributed by atoms with Crippen LogP contribution in [0.3, 0.4) is 0 Å². The predicted molar refractivity (Wildman–Crippen MR) is 74.5 cm³/mol. The highest BCUT2D eigenvalue weighted by Gasteiger charge is 2.19. The molecule has 1 aromatic rings. The second kappa shape index (κ2) is 7.11. The van der Waals surface area contributed by atoms with E-state index in [1.807, 2.05) is 0 Å². The molecule has 20 heavy (non-hydrogen) atoms. The molecular weight excluding hydrogens is 262 g/mol. The molecule has 0 saturated carbocycles. The number of benzene rings is 1. The number of likely N-dealkylation sites (N-methyl/N-ethyl adjacent to an activating group) is 1. The number of aliphatic hydroxyl groups is 1. The van der Waals surface area contributed by atoms with E-state index in [0.717, 1.165) is 38.8 Å². The minimum Gasteiger partial charge on any atom is -0.388 e. The summed E-state index contributed by atoms with van der Waals surface area (Å²) in [6, 6.07) is 3.94. The fraction of sp³-hybridized carbons (Fsp3) is 0.600. The van der Waals surface area contributed by atoms with Crippen LogP contribution in [0.1, 0.15) is 25.0 Å². The predicted octanol–water partition coefficient (Wildman–Crippen LogP) is 2.03. The van der Waals surface area contributed by atoms with E-state index in [2.05, 4.69) is 16.7 Å². The Balaban J connectivity index is 1.83. The van der Waals surface area contributed by atoms with Crippen LogP contribution in [-0.4, -0.2) is 54.2 Å². The molecule has 0 aliphatic carbocycles. The van der Waals surface area contributed by atoms with Crippen molar-refractivity contribution >= 4 is 0 Å². The van der Waals surface area contributed by atoms with Gasteiger partial charge in [0.05, 0.1) is 6.10 Å². The molecule has 1 aliphatic heterocycles. The number of piperazine rings is 1. The van der Waals surface area contributed by atoms with Crippen molar-refractivity contribution in [1.29, 1.82) is 0 Å². The van der Waals surface area contributed by atoms with Crippen LogP contribution in [0.5, 0.6) is 0 Å². The minimum atomic E-state index is -0.949. The second-order valence-corrected chi connectivity index (χ2v) is 5.22. The average molecular weight is 284 g/mol. The molecule has 1 atom stereocenters. The molecule has 1 N–H and O–H groups in total. The summed E-state index contributed by atoms with van der Waals surface area (Å²) in [5.74, 6) is -1.84. The van der Waals surface area contributed by atoms with E-state index in [4.69, 9.17) is 0 Å². The quantitative estimate of drug-likeness (QED) is 0.896. The monoisotopic (exact) mass is 284 g/mol. The van der Waals surface area contributed by atoms with Crippen LogP contribution in [0.15, 0.2) is 18.2 Å². The van der Waals surface area contributed by atoms with Crippen LogP contribution in [0.2, 0.25) is 0 Å². The number of hydrogen-bond acceptors (Lipinski definition) is 3.